The molecule has 0 bridgehead atoms. The molecule has 1 N–H and O–H groups in total. The number of nitrogens with one attached hydrogen (secondary N) is 1. The summed E-state index contributed by atoms with van der Waals surface area (Å²) < 4.78 is 0. The van der Waals surface area contributed by atoms with Gasteiger partial charge in [0.2, 0.25) is 0 Å². The molecule has 0 radical (unpaired) electrons. The van der Waals surface area contributed by atoms with Crippen LogP contribution in [0.15, 0.2) is 36.4 Å². The van der Waals surface area contributed by atoms with E-state index in [1.54, 1.807) is 6.92 Å². The van der Waals surface area contributed by atoms with Crippen LogP contribution in [0.4, 0.5) is 5.69 Å². The minimum Gasteiger partial charge on any atom is -0.384 e. The third-order valence-electron chi connectivity index (χ3n) is 2.85. The molecule has 78 valence electrons. The van der Waals surface area contributed by atoms with E-state index in [-0.39, 0.29) is 5.78 Å². The van der Waals surface area contributed by atoms with Gasteiger partial charge in [0.25, 0.3) is 0 Å². The van der Waals surface area contributed by atoms with Crippen molar-refractivity contribution < 1.29 is 4.79 Å². The normalized spacial score (nSPS) is 18.1. The minimum absolute atomic E-state index is 0.165. The number of hydrogen-bond acceptors (Lipinski definition) is 2. The minimum atomic E-state index is 0.165. The quantitative estimate of drug-likeness (QED) is 0.762. The molecule has 1 unspecified atom stereocenters. The fraction of sp³-hybridized carbons (Fsp3) is 0.308. The average molecular weight is 201 g/mol. The zero-order valence-corrected chi connectivity index (χ0v) is 8.92. The lowest BCUT2D eigenvalue weighted by molar-refractivity contribution is -0.115. The lowest BCUT2D eigenvalue weighted by Gasteiger charge is -2.08. The number of hydrogen-bond donors (Lipinski definition) is 1. The zero-order chi connectivity index (χ0) is 10.8. The first-order chi connectivity index (χ1) is 7.18. The highest BCUT2D eigenvalue weighted by molar-refractivity contribution is 5.95. The number of Topliss-reactive ketones (excluding diaryl/α,β-unsaturated/α-hetero) is 1. The molecule has 2 nitrogen and oxygen atoms in total. The van der Waals surface area contributed by atoms with E-state index in [0.717, 1.165) is 12.2 Å². The number of allylic oxidation sites excluding steroid dienone is 1. The molecule has 0 amide bonds. The summed E-state index contributed by atoms with van der Waals surface area (Å²) in [6, 6.07) is 8.17. The van der Waals surface area contributed by atoms with Crippen LogP contribution in [0.5, 0.6) is 0 Å². The standard InChI is InChI=1S/C13H15NO/c1-9(2)13(15)7-10-8-14-12-6-4-3-5-11(10)12/h3-6,10,14H,1,7-8H2,2H3. The molecule has 1 heterocycles. The molecule has 1 aromatic rings. The fourth-order valence-corrected chi connectivity index (χ4v) is 1.94. The van der Waals surface area contributed by atoms with Crippen LogP contribution >= 0.6 is 0 Å². The Morgan fingerprint density at radius 2 is 2.27 bits per heavy atom. The molecule has 1 aliphatic heterocycles. The van der Waals surface area contributed by atoms with Gasteiger partial charge in [-0.05, 0) is 24.1 Å². The van der Waals surface area contributed by atoms with Crippen LogP contribution < -0.4 is 5.32 Å². The number of benzene rings is 1. The molecule has 1 aliphatic rings. The predicted molar refractivity (Wildman–Crippen MR) is 62.1 cm³/mol. The first-order valence-corrected chi connectivity index (χ1v) is 5.20. The van der Waals surface area contributed by atoms with Crippen molar-refractivity contribution in [1.82, 2.24) is 0 Å². The van der Waals surface area contributed by atoms with E-state index in [2.05, 4.69) is 24.0 Å². The van der Waals surface area contributed by atoms with Crippen LogP contribution in [-0.2, 0) is 4.79 Å². The van der Waals surface area contributed by atoms with Crippen molar-refractivity contribution in [3.63, 3.8) is 0 Å². The van der Waals surface area contributed by atoms with Crippen LogP contribution in [-0.4, -0.2) is 12.3 Å². The summed E-state index contributed by atoms with van der Waals surface area (Å²) in [7, 11) is 0. The molecule has 0 saturated heterocycles. The predicted octanol–water partition coefficient (Wildman–Crippen LogP) is 2.73. The molecular weight excluding hydrogens is 186 g/mol. The van der Waals surface area contributed by atoms with E-state index in [1.165, 1.54) is 5.56 Å². The van der Waals surface area contributed by atoms with E-state index in [0.29, 0.717) is 17.9 Å². The first-order valence-electron chi connectivity index (χ1n) is 5.20. The Labute approximate surface area is 90.0 Å². The highest BCUT2D eigenvalue weighted by Gasteiger charge is 2.23. The highest BCUT2D eigenvalue weighted by atomic mass is 16.1. The summed E-state index contributed by atoms with van der Waals surface area (Å²) in [6.45, 7) is 6.32. The van der Waals surface area contributed by atoms with Gasteiger partial charge in [0.05, 0.1) is 0 Å². The molecular formula is C13H15NO. The van der Waals surface area contributed by atoms with E-state index >= 15 is 0 Å². The summed E-state index contributed by atoms with van der Waals surface area (Å²) in [6.07, 6.45) is 0.569. The lowest BCUT2D eigenvalue weighted by Crippen LogP contribution is -2.09. The Kier molecular flexibility index (Phi) is 2.58. The van der Waals surface area contributed by atoms with Crippen molar-refractivity contribution in [3.8, 4) is 0 Å². The first kappa shape index (κ1) is 9.97. The fourth-order valence-electron chi connectivity index (χ4n) is 1.94. The van der Waals surface area contributed by atoms with Crippen LogP contribution in [0, 0.1) is 0 Å². The van der Waals surface area contributed by atoms with Gasteiger partial charge in [-0.2, -0.15) is 0 Å². The molecule has 0 aromatic heterocycles. The molecule has 0 aliphatic carbocycles. The smallest absolute Gasteiger partial charge is 0.158 e. The molecule has 0 spiro atoms. The Morgan fingerprint density at radius 3 is 3.00 bits per heavy atom. The monoisotopic (exact) mass is 201 g/mol. The molecule has 1 aromatic carbocycles. The SMILES string of the molecule is C=C(C)C(=O)CC1CNc2ccccc21. The van der Waals surface area contributed by atoms with Crippen molar-refractivity contribution >= 4 is 11.5 Å². The second-order valence-electron chi connectivity index (χ2n) is 4.07. The summed E-state index contributed by atoms with van der Waals surface area (Å²) in [5, 5.41) is 3.31. The number of carbonyl (C=O) groups is 1. The van der Waals surface area contributed by atoms with Gasteiger partial charge in [-0.25, -0.2) is 0 Å². The van der Waals surface area contributed by atoms with Gasteiger partial charge in [0.1, 0.15) is 0 Å². The van der Waals surface area contributed by atoms with Crippen molar-refractivity contribution in [3.05, 3.63) is 42.0 Å². The number of ketones is 1. The number of fused-ring (bicyclic) bond motifs is 1. The Morgan fingerprint density at radius 1 is 1.53 bits per heavy atom. The van der Waals surface area contributed by atoms with Crippen LogP contribution in [0.3, 0.4) is 0 Å². The third kappa shape index (κ3) is 1.94. The van der Waals surface area contributed by atoms with Crippen LogP contribution in [0.25, 0.3) is 0 Å². The summed E-state index contributed by atoms with van der Waals surface area (Å²) >= 11 is 0. The van der Waals surface area contributed by atoms with Gasteiger partial charge >= 0.3 is 0 Å². The number of anilines is 1. The summed E-state index contributed by atoms with van der Waals surface area (Å²) in [5.74, 6) is 0.476. The van der Waals surface area contributed by atoms with Crippen molar-refractivity contribution in [2.24, 2.45) is 0 Å². The van der Waals surface area contributed by atoms with E-state index in [9.17, 15) is 4.79 Å². The maximum absolute atomic E-state index is 11.6. The van der Waals surface area contributed by atoms with Crippen LogP contribution in [0.1, 0.15) is 24.8 Å². The summed E-state index contributed by atoms with van der Waals surface area (Å²) in [4.78, 5) is 11.6. The molecule has 1 atom stereocenters. The lowest BCUT2D eigenvalue weighted by atomic mass is 9.94. The number of carbonyl (C=O) groups excluding carboxylic acids is 1. The van der Waals surface area contributed by atoms with E-state index < -0.39 is 0 Å². The molecule has 2 rings (SSSR count). The van der Waals surface area contributed by atoms with E-state index in [4.69, 9.17) is 0 Å². The molecule has 0 fully saturated rings. The summed E-state index contributed by atoms with van der Waals surface area (Å²) in [5.41, 5.74) is 3.07. The third-order valence-corrected chi connectivity index (χ3v) is 2.85. The van der Waals surface area contributed by atoms with Gasteiger partial charge in [-0.3, -0.25) is 4.79 Å². The largest absolute Gasteiger partial charge is 0.384 e. The number of para-hydroxylation sites is 1. The van der Waals surface area contributed by atoms with Gasteiger partial charge in [0, 0.05) is 24.6 Å². The maximum atomic E-state index is 11.6. The van der Waals surface area contributed by atoms with Gasteiger partial charge < -0.3 is 5.32 Å². The highest BCUT2D eigenvalue weighted by Crippen LogP contribution is 2.33. The van der Waals surface area contributed by atoms with Gasteiger partial charge in [-0.15, -0.1) is 0 Å². The topological polar surface area (TPSA) is 29.1 Å². The Balaban J connectivity index is 2.14. The molecule has 0 saturated carbocycles. The second kappa shape index (κ2) is 3.89. The van der Waals surface area contributed by atoms with Crippen molar-refractivity contribution in [2.45, 2.75) is 19.3 Å². The second-order valence-corrected chi connectivity index (χ2v) is 4.07. The number of rotatable bonds is 3. The van der Waals surface area contributed by atoms with Gasteiger partial charge in [0.15, 0.2) is 5.78 Å². The van der Waals surface area contributed by atoms with Crippen molar-refractivity contribution in [2.75, 3.05) is 11.9 Å². The van der Waals surface area contributed by atoms with Gasteiger partial charge in [-0.1, -0.05) is 24.8 Å². The van der Waals surface area contributed by atoms with Crippen LogP contribution in [0.2, 0.25) is 0 Å². The Bertz CT molecular complexity index is 409. The Hall–Kier alpha value is -1.57. The maximum Gasteiger partial charge on any atom is 0.158 e. The average Bonchev–Trinajstić information content (AvgIpc) is 2.62. The van der Waals surface area contributed by atoms with E-state index in [1.807, 2.05) is 12.1 Å². The van der Waals surface area contributed by atoms with Crippen molar-refractivity contribution in [1.29, 1.82) is 0 Å². The zero-order valence-electron chi connectivity index (χ0n) is 8.92. The molecule has 15 heavy (non-hydrogen) atoms. The molecule has 2 heteroatoms.